The molecule has 0 aromatic carbocycles. The number of carbonyl (C=O) groups excluding carboxylic acids is 1. The zero-order valence-corrected chi connectivity index (χ0v) is 12.2. The third kappa shape index (κ3) is 2.50. The summed E-state index contributed by atoms with van der Waals surface area (Å²) >= 11 is 0. The van der Waals surface area contributed by atoms with Gasteiger partial charge in [0.25, 0.3) is 0 Å². The van der Waals surface area contributed by atoms with Gasteiger partial charge in [-0.05, 0) is 30.4 Å². The predicted octanol–water partition coefficient (Wildman–Crippen LogP) is 1.97. The number of hydrogen-bond acceptors (Lipinski definition) is 4. The fourth-order valence-corrected chi connectivity index (χ4v) is 2.73. The summed E-state index contributed by atoms with van der Waals surface area (Å²) in [5.41, 5.74) is 3.22. The van der Waals surface area contributed by atoms with Gasteiger partial charge in [0, 0.05) is 18.6 Å². The Morgan fingerprint density at radius 3 is 2.83 bits per heavy atom. The fraction of sp³-hybridized carbons (Fsp3) is 0.250. The van der Waals surface area contributed by atoms with Gasteiger partial charge < -0.3 is 9.51 Å². The van der Waals surface area contributed by atoms with Crippen molar-refractivity contribution in [2.75, 3.05) is 0 Å². The third-order valence-corrected chi connectivity index (χ3v) is 4.03. The molecule has 0 saturated heterocycles. The molecule has 1 saturated carbocycles. The molecule has 0 amide bonds. The average molecular weight is 310 g/mol. The van der Waals surface area contributed by atoms with Gasteiger partial charge in [0.2, 0.25) is 0 Å². The van der Waals surface area contributed by atoms with E-state index in [4.69, 9.17) is 5.11 Å². The number of carbonyl (C=O) groups is 2. The van der Waals surface area contributed by atoms with Crippen LogP contribution in [0.2, 0.25) is 0 Å². The summed E-state index contributed by atoms with van der Waals surface area (Å²) in [7, 11) is 0. The zero-order valence-electron chi connectivity index (χ0n) is 12.2. The fourth-order valence-electron chi connectivity index (χ4n) is 2.73. The molecule has 3 aromatic rings. The first-order chi connectivity index (χ1) is 11.1. The molecule has 0 spiro atoms. The second-order valence-corrected chi connectivity index (χ2v) is 5.82. The molecule has 0 bridgehead atoms. The van der Waals surface area contributed by atoms with Gasteiger partial charge in [0.1, 0.15) is 5.65 Å². The normalized spacial score (nSPS) is 14.3. The van der Waals surface area contributed by atoms with Crippen LogP contribution in [0.1, 0.15) is 50.7 Å². The van der Waals surface area contributed by atoms with Crippen molar-refractivity contribution in [2.45, 2.75) is 25.3 Å². The van der Waals surface area contributed by atoms with Crippen molar-refractivity contribution in [1.82, 2.24) is 19.2 Å². The number of fused-ring (bicyclic) bond motifs is 1. The van der Waals surface area contributed by atoms with E-state index in [2.05, 4.69) is 10.1 Å². The van der Waals surface area contributed by atoms with Crippen molar-refractivity contribution in [3.05, 3.63) is 53.2 Å². The lowest BCUT2D eigenvalue weighted by Gasteiger charge is -2.02. The highest BCUT2D eigenvalue weighted by Crippen LogP contribution is 2.40. The van der Waals surface area contributed by atoms with Crippen LogP contribution < -0.4 is 0 Å². The van der Waals surface area contributed by atoms with Crippen molar-refractivity contribution in [3.63, 3.8) is 0 Å². The van der Waals surface area contributed by atoms with Crippen molar-refractivity contribution in [2.24, 2.45) is 0 Å². The maximum Gasteiger partial charge on any atom is 0.338 e. The molecule has 1 aliphatic carbocycles. The highest BCUT2D eigenvalue weighted by Gasteiger charge is 2.25. The quantitative estimate of drug-likeness (QED) is 0.728. The van der Waals surface area contributed by atoms with Gasteiger partial charge in [-0.2, -0.15) is 5.10 Å². The summed E-state index contributed by atoms with van der Waals surface area (Å²) in [6.45, 7) is 0.353. The van der Waals surface area contributed by atoms with Crippen LogP contribution in [0.25, 0.3) is 5.65 Å². The largest absolute Gasteiger partial charge is 0.478 e. The number of carboxylic acids is 1. The molecule has 23 heavy (non-hydrogen) atoms. The van der Waals surface area contributed by atoms with Crippen LogP contribution in [0.5, 0.6) is 0 Å². The van der Waals surface area contributed by atoms with Crippen molar-refractivity contribution < 1.29 is 14.7 Å². The van der Waals surface area contributed by atoms with E-state index in [1.54, 1.807) is 0 Å². The van der Waals surface area contributed by atoms with Gasteiger partial charge in [-0.15, -0.1) is 0 Å². The lowest BCUT2D eigenvalue weighted by Crippen LogP contribution is -2.00. The molecule has 7 nitrogen and oxygen atoms in total. The van der Waals surface area contributed by atoms with Gasteiger partial charge in [-0.1, -0.05) is 0 Å². The van der Waals surface area contributed by atoms with Gasteiger partial charge >= 0.3 is 5.97 Å². The van der Waals surface area contributed by atoms with Crippen molar-refractivity contribution in [1.29, 1.82) is 0 Å². The summed E-state index contributed by atoms with van der Waals surface area (Å²) in [4.78, 5) is 26.7. The smallest absolute Gasteiger partial charge is 0.338 e. The topological polar surface area (TPSA) is 89.5 Å². The Bertz CT molecular complexity index is 921. The summed E-state index contributed by atoms with van der Waals surface area (Å²) in [5.74, 6) is -0.461. The summed E-state index contributed by atoms with van der Waals surface area (Å²) in [5, 5.41) is 12.9. The maximum atomic E-state index is 11.3. The molecule has 3 heterocycles. The zero-order chi connectivity index (χ0) is 16.0. The Hall–Kier alpha value is -2.96. The minimum Gasteiger partial charge on any atom is -0.478 e. The highest BCUT2D eigenvalue weighted by molar-refractivity contribution is 5.86. The van der Waals surface area contributed by atoms with E-state index >= 15 is 0 Å². The third-order valence-electron chi connectivity index (χ3n) is 4.03. The van der Waals surface area contributed by atoms with Crippen LogP contribution >= 0.6 is 0 Å². The number of pyridine rings is 1. The summed E-state index contributed by atoms with van der Waals surface area (Å²) in [6, 6.07) is 1.91. The van der Waals surface area contributed by atoms with E-state index in [-0.39, 0.29) is 5.56 Å². The first-order valence-corrected chi connectivity index (χ1v) is 7.36. The number of hydrogen-bond donors (Lipinski definition) is 1. The minimum absolute atomic E-state index is 0.137. The number of aldehydes is 1. The van der Waals surface area contributed by atoms with E-state index < -0.39 is 5.97 Å². The molecule has 4 rings (SSSR count). The maximum absolute atomic E-state index is 11.3. The summed E-state index contributed by atoms with van der Waals surface area (Å²) < 4.78 is 3.39. The van der Waals surface area contributed by atoms with Crippen LogP contribution in [0.4, 0.5) is 0 Å². The molecule has 1 N–H and O–H groups in total. The summed E-state index contributed by atoms with van der Waals surface area (Å²) in [6.07, 6.45) is 9.79. The molecule has 0 radical (unpaired) electrons. The number of nitrogens with zero attached hydrogens (tertiary/aromatic N) is 4. The first kappa shape index (κ1) is 13.7. The lowest BCUT2D eigenvalue weighted by atomic mass is 10.1. The van der Waals surface area contributed by atoms with Crippen LogP contribution in [0.15, 0.2) is 30.9 Å². The number of carboxylic acid groups (broad SMARTS) is 1. The van der Waals surface area contributed by atoms with E-state index in [1.807, 2.05) is 22.9 Å². The highest BCUT2D eigenvalue weighted by atomic mass is 16.4. The molecule has 0 atom stereocenters. The van der Waals surface area contributed by atoms with Crippen LogP contribution in [-0.4, -0.2) is 36.5 Å². The number of imidazole rings is 1. The van der Waals surface area contributed by atoms with Crippen LogP contribution in [0.3, 0.4) is 0 Å². The number of rotatable bonds is 5. The Morgan fingerprint density at radius 2 is 2.17 bits per heavy atom. The number of aromatic nitrogens is 4. The monoisotopic (exact) mass is 310 g/mol. The van der Waals surface area contributed by atoms with E-state index in [1.165, 1.54) is 17.1 Å². The number of aromatic carboxylic acids is 1. The Kier molecular flexibility index (Phi) is 3.00. The van der Waals surface area contributed by atoms with Gasteiger partial charge in [-0.3, -0.25) is 9.48 Å². The Labute approximate surface area is 131 Å². The predicted molar refractivity (Wildman–Crippen MR) is 80.8 cm³/mol. The van der Waals surface area contributed by atoms with Crippen LogP contribution in [0, 0.1) is 0 Å². The lowest BCUT2D eigenvalue weighted by molar-refractivity contribution is 0.0696. The molecule has 1 aliphatic rings. The molecule has 3 aromatic heterocycles. The molecular formula is C16H14N4O3. The molecule has 0 aliphatic heterocycles. The molecule has 1 fully saturated rings. The molecule has 116 valence electrons. The molecular weight excluding hydrogens is 296 g/mol. The average Bonchev–Trinajstić information content (AvgIpc) is 3.14. The Morgan fingerprint density at radius 1 is 1.35 bits per heavy atom. The SMILES string of the molecule is O=Cc1cc(C2CC2)cn2cc(Cn3cc(C(=O)O)cn3)nc12. The standard InChI is InChI=1S/C16H14N4O3/c21-9-12-3-11(10-1-2-10)5-19-7-14(18-15(12)19)8-20-6-13(4-17-20)16(22)23/h3-7,9-10H,1-2,8H2,(H,22,23). The van der Waals surface area contributed by atoms with Gasteiger partial charge in [0.05, 0.1) is 29.6 Å². The first-order valence-electron chi connectivity index (χ1n) is 7.36. The van der Waals surface area contributed by atoms with Gasteiger partial charge in [0.15, 0.2) is 6.29 Å². The van der Waals surface area contributed by atoms with E-state index in [0.717, 1.165) is 30.4 Å². The van der Waals surface area contributed by atoms with Crippen molar-refractivity contribution >= 4 is 17.9 Å². The molecule has 7 heteroatoms. The molecule has 0 unspecified atom stereocenters. The van der Waals surface area contributed by atoms with Crippen LogP contribution in [-0.2, 0) is 6.54 Å². The van der Waals surface area contributed by atoms with E-state index in [0.29, 0.717) is 23.7 Å². The van der Waals surface area contributed by atoms with Crippen molar-refractivity contribution in [3.8, 4) is 0 Å². The second kappa shape index (κ2) is 5.05. The second-order valence-electron chi connectivity index (χ2n) is 5.82. The van der Waals surface area contributed by atoms with E-state index in [9.17, 15) is 9.59 Å². The van der Waals surface area contributed by atoms with Gasteiger partial charge in [-0.25, -0.2) is 9.78 Å². The minimum atomic E-state index is -1.01. The Balaban J connectivity index is 1.69.